The predicted molar refractivity (Wildman–Crippen MR) is 96.8 cm³/mol. The van der Waals surface area contributed by atoms with Crippen LogP contribution in [0.25, 0.3) is 0 Å². The summed E-state index contributed by atoms with van der Waals surface area (Å²) in [6, 6.07) is 4.70. The van der Waals surface area contributed by atoms with Gasteiger partial charge in [-0.15, -0.1) is 0 Å². The van der Waals surface area contributed by atoms with Gasteiger partial charge < -0.3 is 15.8 Å². The number of nitrogens with zero attached hydrogens (tertiary/aromatic N) is 2. The molecule has 1 aromatic heterocycles. The van der Waals surface area contributed by atoms with Crippen LogP contribution in [0.15, 0.2) is 24.4 Å². The summed E-state index contributed by atoms with van der Waals surface area (Å²) in [7, 11) is 1.41. The Balaban J connectivity index is 1.47. The molecule has 144 valence electrons. The minimum Gasteiger partial charge on any atom is -0.494 e. The zero-order chi connectivity index (χ0) is 19.4. The number of nitrogens with two attached hydrogens (primary N) is 1. The lowest BCUT2D eigenvalue weighted by molar-refractivity contribution is -0.121. The summed E-state index contributed by atoms with van der Waals surface area (Å²) in [5, 5.41) is 7.11. The molecule has 0 radical (unpaired) electrons. The van der Waals surface area contributed by atoms with Crippen molar-refractivity contribution in [1.82, 2.24) is 15.1 Å². The topological polar surface area (TPSA) is 99.2 Å². The highest BCUT2D eigenvalue weighted by atomic mass is 19.1. The van der Waals surface area contributed by atoms with Gasteiger partial charge in [0.05, 0.1) is 24.6 Å². The number of ether oxygens (including phenoxy) is 1. The Bertz CT molecular complexity index is 849. The number of nitrogens with one attached hydrogen (secondary N) is 1. The molecule has 1 aliphatic rings. The molecule has 2 aromatic rings. The number of rotatable bonds is 7. The van der Waals surface area contributed by atoms with Gasteiger partial charge >= 0.3 is 0 Å². The van der Waals surface area contributed by atoms with E-state index in [9.17, 15) is 14.0 Å². The average Bonchev–Trinajstić information content (AvgIpc) is 3.08. The van der Waals surface area contributed by atoms with Crippen LogP contribution in [0.3, 0.4) is 0 Å². The third kappa shape index (κ3) is 4.45. The van der Waals surface area contributed by atoms with E-state index in [1.54, 1.807) is 16.8 Å². The maximum Gasteiger partial charge on any atom is 0.252 e. The lowest BCUT2D eigenvalue weighted by Crippen LogP contribution is -2.34. The Morgan fingerprint density at radius 1 is 1.44 bits per heavy atom. The van der Waals surface area contributed by atoms with Crippen LogP contribution in [-0.2, 0) is 24.2 Å². The van der Waals surface area contributed by atoms with Crippen molar-refractivity contribution in [2.24, 2.45) is 11.7 Å². The average molecular weight is 374 g/mol. The Morgan fingerprint density at radius 2 is 2.26 bits per heavy atom. The number of hydrogen-bond acceptors (Lipinski definition) is 4. The van der Waals surface area contributed by atoms with Gasteiger partial charge in [0.1, 0.15) is 0 Å². The molecule has 1 atom stereocenters. The minimum atomic E-state index is -0.479. The summed E-state index contributed by atoms with van der Waals surface area (Å²) in [5.41, 5.74) is 7.41. The van der Waals surface area contributed by atoms with Crippen LogP contribution in [0.1, 0.15) is 34.5 Å². The summed E-state index contributed by atoms with van der Waals surface area (Å²) in [5.74, 6) is -0.572. The number of benzene rings is 1. The van der Waals surface area contributed by atoms with Crippen molar-refractivity contribution >= 4 is 11.8 Å². The summed E-state index contributed by atoms with van der Waals surface area (Å²) in [6.45, 7) is 1.23. The second-order valence-corrected chi connectivity index (χ2v) is 6.72. The summed E-state index contributed by atoms with van der Waals surface area (Å²) >= 11 is 0. The largest absolute Gasteiger partial charge is 0.494 e. The van der Waals surface area contributed by atoms with Crippen molar-refractivity contribution in [3.05, 3.63) is 47.0 Å². The van der Waals surface area contributed by atoms with Crippen molar-refractivity contribution in [2.45, 2.75) is 32.2 Å². The van der Waals surface area contributed by atoms with Crippen molar-refractivity contribution < 1.29 is 18.7 Å². The van der Waals surface area contributed by atoms with Crippen molar-refractivity contribution in [3.63, 3.8) is 0 Å². The van der Waals surface area contributed by atoms with Gasteiger partial charge in [-0.25, -0.2) is 4.39 Å². The van der Waals surface area contributed by atoms with E-state index < -0.39 is 11.7 Å². The van der Waals surface area contributed by atoms with E-state index in [0.717, 1.165) is 17.7 Å². The molecule has 0 fully saturated rings. The molecule has 8 heteroatoms. The first-order chi connectivity index (χ1) is 13.0. The van der Waals surface area contributed by atoms with Crippen molar-refractivity contribution in [2.75, 3.05) is 13.7 Å². The third-order valence-corrected chi connectivity index (χ3v) is 4.89. The number of primary amides is 1. The zero-order valence-electron chi connectivity index (χ0n) is 15.2. The minimum absolute atomic E-state index is 0.0829. The SMILES string of the molecule is COc1ccc(CCC(=O)NC[C@H]2CCn3ncc(C(N)=O)c3C2)cc1F. The van der Waals surface area contributed by atoms with Crippen LogP contribution < -0.4 is 15.8 Å². The number of halogens is 1. The number of amides is 2. The molecule has 3 N–H and O–H groups in total. The van der Waals surface area contributed by atoms with E-state index in [-0.39, 0.29) is 24.0 Å². The second-order valence-electron chi connectivity index (χ2n) is 6.72. The predicted octanol–water partition coefficient (Wildman–Crippen LogP) is 1.44. The van der Waals surface area contributed by atoms with E-state index in [1.165, 1.54) is 19.4 Å². The lowest BCUT2D eigenvalue weighted by Gasteiger charge is -2.24. The molecule has 0 aliphatic carbocycles. The molecule has 0 saturated heterocycles. The highest BCUT2D eigenvalue weighted by Gasteiger charge is 2.24. The molecule has 0 saturated carbocycles. The molecule has 27 heavy (non-hydrogen) atoms. The summed E-state index contributed by atoms with van der Waals surface area (Å²) in [4.78, 5) is 23.6. The third-order valence-electron chi connectivity index (χ3n) is 4.89. The number of aromatic nitrogens is 2. The molecule has 1 aliphatic heterocycles. The first kappa shape index (κ1) is 18.9. The van der Waals surface area contributed by atoms with Gasteiger partial charge in [0, 0.05) is 19.5 Å². The molecule has 0 spiro atoms. The molecule has 3 rings (SSSR count). The highest BCUT2D eigenvalue weighted by Crippen LogP contribution is 2.22. The summed E-state index contributed by atoms with van der Waals surface area (Å²) < 4.78 is 20.4. The number of carbonyl (C=O) groups is 2. The van der Waals surface area contributed by atoms with E-state index in [1.807, 2.05) is 0 Å². The first-order valence-electron chi connectivity index (χ1n) is 8.91. The second kappa shape index (κ2) is 8.20. The standard InChI is InChI=1S/C19H23FN4O3/c1-27-17-4-2-12(8-15(17)20)3-5-18(25)22-10-13-6-7-24-16(9-13)14(11-23-24)19(21)26/h2,4,8,11,13H,3,5-7,9-10H2,1H3,(H2,21,26)(H,22,25)/t13-/m0/s1. The van der Waals surface area contributed by atoms with Gasteiger partial charge in [0.2, 0.25) is 5.91 Å². The van der Waals surface area contributed by atoms with E-state index in [4.69, 9.17) is 10.5 Å². The monoisotopic (exact) mass is 374 g/mol. The van der Waals surface area contributed by atoms with Crippen LogP contribution in [-0.4, -0.2) is 35.2 Å². The molecule has 1 aromatic carbocycles. The Kier molecular flexibility index (Phi) is 5.73. The lowest BCUT2D eigenvalue weighted by atomic mass is 9.94. The molecule has 7 nitrogen and oxygen atoms in total. The van der Waals surface area contributed by atoms with E-state index in [2.05, 4.69) is 10.4 Å². The fraction of sp³-hybridized carbons (Fsp3) is 0.421. The number of fused-ring (bicyclic) bond motifs is 1. The fourth-order valence-electron chi connectivity index (χ4n) is 3.35. The Hall–Kier alpha value is -2.90. The number of aryl methyl sites for hydroxylation is 2. The Labute approximate surface area is 156 Å². The molecular weight excluding hydrogens is 351 g/mol. The van der Waals surface area contributed by atoms with Crippen molar-refractivity contribution in [1.29, 1.82) is 0 Å². The maximum absolute atomic E-state index is 13.7. The van der Waals surface area contributed by atoms with Crippen molar-refractivity contribution in [3.8, 4) is 5.75 Å². The molecule has 2 heterocycles. The van der Waals surface area contributed by atoms with Crippen LogP contribution >= 0.6 is 0 Å². The van der Waals surface area contributed by atoms with Gasteiger partial charge in [0.15, 0.2) is 11.6 Å². The smallest absolute Gasteiger partial charge is 0.252 e. The normalized spacial score (nSPS) is 15.9. The van der Waals surface area contributed by atoms with Gasteiger partial charge in [-0.05, 0) is 42.9 Å². The molecular formula is C19H23FN4O3. The quantitative estimate of drug-likeness (QED) is 0.766. The van der Waals surface area contributed by atoms with Crippen LogP contribution in [0.5, 0.6) is 5.75 Å². The highest BCUT2D eigenvalue weighted by molar-refractivity contribution is 5.93. The fourth-order valence-corrected chi connectivity index (χ4v) is 3.35. The Morgan fingerprint density at radius 3 is 2.96 bits per heavy atom. The molecule has 0 unspecified atom stereocenters. The van der Waals surface area contributed by atoms with Crippen LogP contribution in [0.2, 0.25) is 0 Å². The first-order valence-corrected chi connectivity index (χ1v) is 8.91. The number of carbonyl (C=O) groups excluding carboxylic acids is 2. The van der Waals surface area contributed by atoms with Crippen LogP contribution in [0, 0.1) is 11.7 Å². The number of methoxy groups -OCH3 is 1. The molecule has 2 amide bonds. The van der Waals surface area contributed by atoms with E-state index in [0.29, 0.717) is 31.5 Å². The van der Waals surface area contributed by atoms with E-state index >= 15 is 0 Å². The van der Waals surface area contributed by atoms with Gasteiger partial charge in [0.25, 0.3) is 5.91 Å². The maximum atomic E-state index is 13.7. The number of hydrogen-bond donors (Lipinski definition) is 2. The molecule has 0 bridgehead atoms. The van der Waals surface area contributed by atoms with Gasteiger partial charge in [-0.1, -0.05) is 6.07 Å². The van der Waals surface area contributed by atoms with Gasteiger partial charge in [-0.3, -0.25) is 14.3 Å². The van der Waals surface area contributed by atoms with Gasteiger partial charge in [-0.2, -0.15) is 5.10 Å². The zero-order valence-corrected chi connectivity index (χ0v) is 15.2. The summed E-state index contributed by atoms with van der Waals surface area (Å²) in [6.07, 6.45) is 3.77. The van der Waals surface area contributed by atoms with Crippen LogP contribution in [0.4, 0.5) is 4.39 Å².